The Morgan fingerprint density at radius 2 is 2.19 bits per heavy atom. The number of ether oxygens (including phenoxy) is 1. The molecule has 0 saturated heterocycles. The van der Waals surface area contributed by atoms with Gasteiger partial charge in [0.25, 0.3) is 0 Å². The number of hydrogen-bond acceptors (Lipinski definition) is 4. The number of aromatic nitrogens is 2. The maximum atomic E-state index is 12.6. The lowest BCUT2D eigenvalue weighted by Crippen LogP contribution is -2.30. The molecule has 0 fully saturated rings. The number of amides is 2. The van der Waals surface area contributed by atoms with Crippen molar-refractivity contribution in [2.24, 2.45) is 5.92 Å². The van der Waals surface area contributed by atoms with Crippen molar-refractivity contribution in [3.8, 4) is 5.75 Å². The molecule has 6 nitrogen and oxygen atoms in total. The summed E-state index contributed by atoms with van der Waals surface area (Å²) in [5, 5.41) is 2.99. The largest absolute Gasteiger partial charge is 0.490 e. The van der Waals surface area contributed by atoms with Crippen LogP contribution in [0.25, 0.3) is 0 Å². The Kier molecular flexibility index (Phi) is 4.26. The number of hydrogen-bond donors (Lipinski definition) is 1. The zero-order valence-electron chi connectivity index (χ0n) is 15.5. The van der Waals surface area contributed by atoms with Crippen molar-refractivity contribution in [1.29, 1.82) is 0 Å². The number of rotatable bonds is 3. The molecule has 2 aromatic rings. The first-order chi connectivity index (χ1) is 12.5. The molecule has 0 spiro atoms. The molecule has 26 heavy (non-hydrogen) atoms. The van der Waals surface area contributed by atoms with Crippen LogP contribution in [0.2, 0.25) is 0 Å². The summed E-state index contributed by atoms with van der Waals surface area (Å²) in [5.41, 5.74) is 3.93. The predicted octanol–water partition coefficient (Wildman–Crippen LogP) is 3.55. The van der Waals surface area contributed by atoms with Gasteiger partial charge in [0.15, 0.2) is 0 Å². The van der Waals surface area contributed by atoms with Gasteiger partial charge in [0.1, 0.15) is 17.7 Å². The van der Waals surface area contributed by atoms with Gasteiger partial charge in [0.05, 0.1) is 18.8 Å². The van der Waals surface area contributed by atoms with Crippen molar-refractivity contribution in [3.05, 3.63) is 47.0 Å². The Labute approximate surface area is 153 Å². The molecule has 3 heterocycles. The summed E-state index contributed by atoms with van der Waals surface area (Å²) in [6, 6.07) is 5.70. The topological polar surface area (TPSA) is 67.4 Å². The average molecular weight is 352 g/mol. The van der Waals surface area contributed by atoms with E-state index in [2.05, 4.69) is 29.1 Å². The van der Waals surface area contributed by atoms with Gasteiger partial charge in [-0.25, -0.2) is 14.8 Å². The predicted molar refractivity (Wildman–Crippen MR) is 99.1 cm³/mol. The van der Waals surface area contributed by atoms with Crippen LogP contribution in [-0.4, -0.2) is 27.0 Å². The molecular formula is C20H24N4O2. The van der Waals surface area contributed by atoms with Gasteiger partial charge >= 0.3 is 6.03 Å². The van der Waals surface area contributed by atoms with Gasteiger partial charge in [-0.2, -0.15) is 0 Å². The van der Waals surface area contributed by atoms with E-state index in [-0.39, 0.29) is 12.1 Å². The molecule has 2 aliphatic rings. The first kappa shape index (κ1) is 16.8. The van der Waals surface area contributed by atoms with E-state index in [1.165, 1.54) is 0 Å². The lowest BCUT2D eigenvalue weighted by atomic mass is 10.1. The van der Waals surface area contributed by atoms with Crippen LogP contribution in [0, 0.1) is 5.92 Å². The van der Waals surface area contributed by atoms with Crippen molar-refractivity contribution in [3.63, 3.8) is 0 Å². The fourth-order valence-corrected chi connectivity index (χ4v) is 3.50. The van der Waals surface area contributed by atoms with Gasteiger partial charge in [-0.05, 0) is 36.6 Å². The van der Waals surface area contributed by atoms with Crippen molar-refractivity contribution >= 4 is 11.7 Å². The first-order valence-corrected chi connectivity index (χ1v) is 9.17. The summed E-state index contributed by atoms with van der Waals surface area (Å²) in [6.07, 6.45) is 3.79. The van der Waals surface area contributed by atoms with E-state index < -0.39 is 0 Å². The van der Waals surface area contributed by atoms with Gasteiger partial charge in [-0.1, -0.05) is 13.8 Å². The van der Waals surface area contributed by atoms with E-state index in [0.717, 1.165) is 46.9 Å². The summed E-state index contributed by atoms with van der Waals surface area (Å²) in [7, 11) is 0. The number of nitrogens with zero attached hydrogens (tertiary/aromatic N) is 3. The zero-order valence-corrected chi connectivity index (χ0v) is 15.5. The van der Waals surface area contributed by atoms with E-state index in [4.69, 9.17) is 4.74 Å². The lowest BCUT2D eigenvalue weighted by Gasteiger charge is -2.16. The summed E-state index contributed by atoms with van der Waals surface area (Å²) < 4.78 is 5.71. The molecule has 2 amide bonds. The minimum absolute atomic E-state index is 0.111. The smallest absolute Gasteiger partial charge is 0.322 e. The fraction of sp³-hybridized carbons (Fsp3) is 0.450. The minimum atomic E-state index is -0.111. The molecule has 4 rings (SSSR count). The molecule has 1 atom stereocenters. The van der Waals surface area contributed by atoms with Crippen LogP contribution in [0.1, 0.15) is 43.4 Å². The number of fused-ring (bicyclic) bond motifs is 2. The van der Waals surface area contributed by atoms with E-state index >= 15 is 0 Å². The summed E-state index contributed by atoms with van der Waals surface area (Å²) in [5.74, 6) is 2.28. The van der Waals surface area contributed by atoms with Gasteiger partial charge in [0, 0.05) is 30.3 Å². The number of carbonyl (C=O) groups excluding carboxylic acids is 1. The Bertz CT molecular complexity index is 850. The Balaban J connectivity index is 1.42. The maximum absolute atomic E-state index is 12.6. The van der Waals surface area contributed by atoms with E-state index in [0.29, 0.717) is 19.0 Å². The van der Waals surface area contributed by atoms with Gasteiger partial charge in [0.2, 0.25) is 0 Å². The first-order valence-electron chi connectivity index (χ1n) is 9.17. The molecule has 0 radical (unpaired) electrons. The molecule has 1 aromatic heterocycles. The third kappa shape index (κ3) is 3.36. The molecule has 1 aromatic carbocycles. The van der Waals surface area contributed by atoms with E-state index in [9.17, 15) is 4.79 Å². The monoisotopic (exact) mass is 352 g/mol. The quantitative estimate of drug-likeness (QED) is 0.917. The highest BCUT2D eigenvalue weighted by atomic mass is 16.5. The van der Waals surface area contributed by atoms with Crippen LogP contribution in [0.15, 0.2) is 24.4 Å². The minimum Gasteiger partial charge on any atom is -0.490 e. The number of nitrogens with one attached hydrogen (secondary N) is 1. The normalized spacial score (nSPS) is 17.8. The molecule has 136 valence electrons. The summed E-state index contributed by atoms with van der Waals surface area (Å²) in [4.78, 5) is 23.5. The summed E-state index contributed by atoms with van der Waals surface area (Å²) >= 11 is 0. The van der Waals surface area contributed by atoms with Crippen LogP contribution in [0.4, 0.5) is 10.5 Å². The van der Waals surface area contributed by atoms with Crippen LogP contribution in [0.3, 0.4) is 0 Å². The number of urea groups is 1. The third-order valence-corrected chi connectivity index (χ3v) is 4.73. The molecular weight excluding hydrogens is 328 g/mol. The van der Waals surface area contributed by atoms with Crippen molar-refractivity contribution < 1.29 is 9.53 Å². The van der Waals surface area contributed by atoms with Crippen LogP contribution in [0.5, 0.6) is 5.75 Å². The molecule has 2 aliphatic heterocycles. The second-order valence-corrected chi connectivity index (χ2v) is 7.60. The average Bonchev–Trinajstić information content (AvgIpc) is 3.15. The van der Waals surface area contributed by atoms with Crippen molar-refractivity contribution in [2.45, 2.75) is 52.8 Å². The van der Waals surface area contributed by atoms with E-state index in [1.807, 2.05) is 31.3 Å². The second-order valence-electron chi connectivity index (χ2n) is 7.60. The molecule has 6 heteroatoms. The maximum Gasteiger partial charge on any atom is 0.322 e. The number of benzene rings is 1. The van der Waals surface area contributed by atoms with Crippen LogP contribution < -0.4 is 10.1 Å². The highest BCUT2D eigenvalue weighted by molar-refractivity contribution is 5.89. The summed E-state index contributed by atoms with van der Waals surface area (Å²) in [6.45, 7) is 7.43. The van der Waals surface area contributed by atoms with Gasteiger partial charge in [-0.15, -0.1) is 0 Å². The molecule has 0 saturated carbocycles. The van der Waals surface area contributed by atoms with Crippen LogP contribution >= 0.6 is 0 Å². The SMILES string of the molecule is CC(C)Cc1ncc2c(n1)CN(C(=O)Nc1ccc3c(c1)C[C@H](C)O3)C2. The zero-order chi connectivity index (χ0) is 18.3. The second kappa shape index (κ2) is 6.59. The third-order valence-electron chi connectivity index (χ3n) is 4.73. The molecule has 0 bridgehead atoms. The Morgan fingerprint density at radius 1 is 1.35 bits per heavy atom. The Hall–Kier alpha value is -2.63. The highest BCUT2D eigenvalue weighted by Gasteiger charge is 2.26. The molecule has 1 N–H and O–H groups in total. The van der Waals surface area contributed by atoms with Crippen LogP contribution in [-0.2, 0) is 25.9 Å². The molecule has 0 unspecified atom stereocenters. The highest BCUT2D eigenvalue weighted by Crippen LogP contribution is 2.31. The van der Waals surface area contributed by atoms with Crippen molar-refractivity contribution in [1.82, 2.24) is 14.9 Å². The lowest BCUT2D eigenvalue weighted by molar-refractivity contribution is 0.212. The number of carbonyl (C=O) groups is 1. The van der Waals surface area contributed by atoms with Gasteiger partial charge < -0.3 is 15.0 Å². The Morgan fingerprint density at radius 3 is 3.00 bits per heavy atom. The number of anilines is 1. The molecule has 0 aliphatic carbocycles. The standard InChI is InChI=1S/C20H24N4O2/c1-12(2)6-19-21-9-15-10-24(11-17(15)23-19)20(25)22-16-4-5-18-14(8-16)7-13(3)26-18/h4-5,8-9,12-13H,6-7,10-11H2,1-3H3,(H,22,25)/t13-/m0/s1. The van der Waals surface area contributed by atoms with Crippen molar-refractivity contribution in [2.75, 3.05) is 5.32 Å². The van der Waals surface area contributed by atoms with E-state index in [1.54, 1.807) is 4.90 Å². The fourth-order valence-electron chi connectivity index (χ4n) is 3.50. The van der Waals surface area contributed by atoms with Gasteiger partial charge in [-0.3, -0.25) is 0 Å².